The van der Waals surface area contributed by atoms with Crippen LogP contribution in [0.2, 0.25) is 0 Å². The van der Waals surface area contributed by atoms with Gasteiger partial charge in [0.25, 0.3) is 0 Å². The van der Waals surface area contributed by atoms with Crippen molar-refractivity contribution < 1.29 is 20.1 Å². The minimum absolute atomic E-state index is 0.0419. The first-order valence-corrected chi connectivity index (χ1v) is 7.27. The van der Waals surface area contributed by atoms with E-state index in [0.29, 0.717) is 17.0 Å². The lowest BCUT2D eigenvalue weighted by molar-refractivity contribution is -0.127. The van der Waals surface area contributed by atoms with Crippen molar-refractivity contribution in [2.24, 2.45) is 0 Å². The van der Waals surface area contributed by atoms with Crippen LogP contribution in [0.25, 0.3) is 11.2 Å². The minimum atomic E-state index is -1.50. The number of nitrogens with two attached hydrogens (primary N) is 1. The Morgan fingerprint density at radius 3 is 2.46 bits per heavy atom. The number of aromatic nitrogens is 4. The summed E-state index contributed by atoms with van der Waals surface area (Å²) in [5, 5.41) is 25.2. The molecule has 0 saturated carbocycles. The summed E-state index contributed by atoms with van der Waals surface area (Å²) in [5.41, 5.74) is 6.97. The molecule has 24 heavy (non-hydrogen) atoms. The predicted octanol–water partition coefficient (Wildman–Crippen LogP) is 0.0349. The van der Waals surface area contributed by atoms with E-state index in [-0.39, 0.29) is 18.9 Å². The van der Waals surface area contributed by atoms with Gasteiger partial charge in [0.15, 0.2) is 17.3 Å². The molecule has 2 atom stereocenters. The molecule has 1 aliphatic heterocycles. The summed E-state index contributed by atoms with van der Waals surface area (Å²) in [5.74, 6) is -1.13. The van der Waals surface area contributed by atoms with Gasteiger partial charge in [0, 0.05) is 0 Å². The van der Waals surface area contributed by atoms with E-state index in [1.165, 1.54) is 20.2 Å². The van der Waals surface area contributed by atoms with Gasteiger partial charge in [-0.05, 0) is 26.7 Å². The average molecular weight is 337 g/mol. The van der Waals surface area contributed by atoms with Crippen LogP contribution < -0.4 is 5.73 Å². The van der Waals surface area contributed by atoms with E-state index in [9.17, 15) is 0 Å². The van der Waals surface area contributed by atoms with Crippen LogP contribution >= 0.6 is 0 Å². The van der Waals surface area contributed by atoms with Crippen LogP contribution in [0.3, 0.4) is 0 Å². The summed E-state index contributed by atoms with van der Waals surface area (Å²) in [7, 11) is 0. The second-order valence-electron chi connectivity index (χ2n) is 5.55. The molecule has 0 aromatic carbocycles. The Morgan fingerprint density at radius 2 is 1.92 bits per heavy atom. The van der Waals surface area contributed by atoms with Crippen molar-refractivity contribution >= 4 is 17.0 Å². The largest absolute Gasteiger partial charge is 0.394 e. The molecule has 5 N–H and O–H groups in total. The molecule has 1 saturated heterocycles. The van der Waals surface area contributed by atoms with Crippen molar-refractivity contribution in [2.75, 3.05) is 12.3 Å². The number of hydrogen-bond donors (Lipinski definition) is 4. The van der Waals surface area contributed by atoms with Crippen molar-refractivity contribution in [3.63, 3.8) is 0 Å². The molecular formula is C15H23N5O4. The molecule has 0 radical (unpaired) electrons. The number of aliphatic hydroxyl groups is 3. The first kappa shape index (κ1) is 19.8. The Labute approximate surface area is 140 Å². The maximum Gasteiger partial charge on any atom is 0.167 e. The Bertz CT molecular complexity index is 659. The van der Waals surface area contributed by atoms with Crippen LogP contribution in [0, 0.1) is 12.8 Å². The third kappa shape index (κ3) is 5.43. The molecule has 2 unspecified atom stereocenters. The summed E-state index contributed by atoms with van der Waals surface area (Å²) in [6.07, 6.45) is 12.5. The number of rotatable bonds is 2. The highest BCUT2D eigenvalue weighted by Crippen LogP contribution is 2.30. The van der Waals surface area contributed by atoms with Gasteiger partial charge in [0.05, 0.1) is 19.0 Å². The van der Waals surface area contributed by atoms with Gasteiger partial charge < -0.3 is 25.8 Å². The Morgan fingerprint density at radius 1 is 1.29 bits per heavy atom. The van der Waals surface area contributed by atoms with Gasteiger partial charge in [-0.2, -0.15) is 0 Å². The van der Waals surface area contributed by atoms with Crippen LogP contribution in [0.1, 0.15) is 32.9 Å². The number of hydrogen-bond acceptors (Lipinski definition) is 8. The summed E-state index contributed by atoms with van der Waals surface area (Å²) in [6, 6.07) is 0. The fourth-order valence-corrected chi connectivity index (χ4v) is 2.11. The number of terminal acetylenes is 1. The van der Waals surface area contributed by atoms with E-state index in [1.807, 2.05) is 4.57 Å². The molecule has 0 spiro atoms. The van der Waals surface area contributed by atoms with E-state index in [4.69, 9.17) is 25.8 Å². The van der Waals surface area contributed by atoms with Gasteiger partial charge in [0.1, 0.15) is 18.1 Å². The highest BCUT2D eigenvalue weighted by atomic mass is 16.5. The highest BCUT2D eigenvalue weighted by Gasteiger charge is 2.27. The standard InChI is InChI=1S/C10H13N5O2.C3H8O2.C2H2/c11-9-8-10(13-4-12-9)15(5-14-8)7-2-1-6(3-16)17-7;1-3(2,4)5;1-2/h4-7,16H,1-3H2,(H2,11,12,13);4-5H,1-2H3;1-2H. The van der Waals surface area contributed by atoms with Gasteiger partial charge in [-0.3, -0.25) is 4.57 Å². The zero-order valence-electron chi connectivity index (χ0n) is 13.7. The number of ether oxygens (including phenoxy) is 1. The van der Waals surface area contributed by atoms with E-state index < -0.39 is 5.79 Å². The van der Waals surface area contributed by atoms with E-state index in [2.05, 4.69) is 27.8 Å². The normalized spacial score (nSPS) is 20.0. The molecule has 1 fully saturated rings. The van der Waals surface area contributed by atoms with Crippen LogP contribution in [-0.2, 0) is 4.74 Å². The molecule has 1 aliphatic rings. The lowest BCUT2D eigenvalue weighted by Crippen LogP contribution is -2.15. The number of imidazole rings is 1. The molecular weight excluding hydrogens is 314 g/mol. The van der Waals surface area contributed by atoms with Crippen LogP contribution in [0.15, 0.2) is 12.7 Å². The molecule has 0 amide bonds. The smallest absolute Gasteiger partial charge is 0.167 e. The van der Waals surface area contributed by atoms with Crippen molar-refractivity contribution in [1.82, 2.24) is 19.5 Å². The maximum absolute atomic E-state index is 9.04. The van der Waals surface area contributed by atoms with E-state index >= 15 is 0 Å². The molecule has 0 aliphatic carbocycles. The van der Waals surface area contributed by atoms with Gasteiger partial charge in [0.2, 0.25) is 0 Å². The average Bonchev–Trinajstić information content (AvgIpc) is 3.14. The second-order valence-corrected chi connectivity index (χ2v) is 5.55. The van der Waals surface area contributed by atoms with Crippen molar-refractivity contribution in [3.8, 4) is 12.8 Å². The summed E-state index contributed by atoms with van der Waals surface area (Å²) in [6.45, 7) is 2.64. The maximum atomic E-state index is 9.04. The summed E-state index contributed by atoms with van der Waals surface area (Å²) >= 11 is 0. The second kappa shape index (κ2) is 8.56. The molecule has 2 aromatic heterocycles. The SMILES string of the molecule is C#C.CC(C)(O)O.Nc1ncnc2c1ncn2C1CCC(CO)O1. The number of anilines is 1. The van der Waals surface area contributed by atoms with E-state index in [0.717, 1.165) is 12.8 Å². The first-order valence-electron chi connectivity index (χ1n) is 7.27. The number of nitrogen functional groups attached to an aromatic ring is 1. The molecule has 3 rings (SSSR count). The third-order valence-corrected chi connectivity index (χ3v) is 2.99. The highest BCUT2D eigenvalue weighted by molar-refractivity contribution is 5.81. The van der Waals surface area contributed by atoms with Crippen molar-refractivity contribution in [3.05, 3.63) is 12.7 Å². The zero-order valence-corrected chi connectivity index (χ0v) is 13.7. The van der Waals surface area contributed by atoms with Crippen LogP contribution in [0.4, 0.5) is 5.82 Å². The molecule has 9 nitrogen and oxygen atoms in total. The number of nitrogens with zero attached hydrogens (tertiary/aromatic N) is 4. The fraction of sp³-hybridized carbons (Fsp3) is 0.533. The Hall–Kier alpha value is -2.25. The molecule has 0 bridgehead atoms. The molecule has 132 valence electrons. The number of fused-ring (bicyclic) bond motifs is 1. The molecule has 2 aromatic rings. The summed E-state index contributed by atoms with van der Waals surface area (Å²) < 4.78 is 7.51. The zero-order chi connectivity index (χ0) is 18.3. The topological polar surface area (TPSA) is 140 Å². The Kier molecular flexibility index (Phi) is 7.06. The van der Waals surface area contributed by atoms with Crippen molar-refractivity contribution in [2.45, 2.75) is 44.8 Å². The number of aliphatic hydroxyl groups excluding tert-OH is 1. The minimum Gasteiger partial charge on any atom is -0.394 e. The van der Waals surface area contributed by atoms with Gasteiger partial charge >= 0.3 is 0 Å². The lowest BCUT2D eigenvalue weighted by Gasteiger charge is -2.13. The molecule has 3 heterocycles. The third-order valence-electron chi connectivity index (χ3n) is 2.99. The lowest BCUT2D eigenvalue weighted by atomic mass is 10.2. The first-order chi connectivity index (χ1) is 11.3. The molecule has 9 heteroatoms. The predicted molar refractivity (Wildman–Crippen MR) is 88.4 cm³/mol. The van der Waals surface area contributed by atoms with E-state index in [1.54, 1.807) is 6.33 Å². The Balaban J connectivity index is 0.000000356. The van der Waals surface area contributed by atoms with Gasteiger partial charge in [-0.1, -0.05) is 0 Å². The quantitative estimate of drug-likeness (QED) is 0.445. The van der Waals surface area contributed by atoms with Crippen LogP contribution in [0.5, 0.6) is 0 Å². The van der Waals surface area contributed by atoms with Crippen molar-refractivity contribution in [1.29, 1.82) is 0 Å². The van der Waals surface area contributed by atoms with Gasteiger partial charge in [-0.15, -0.1) is 12.8 Å². The fourth-order valence-electron chi connectivity index (χ4n) is 2.11. The van der Waals surface area contributed by atoms with Crippen LogP contribution in [-0.4, -0.2) is 53.3 Å². The monoisotopic (exact) mass is 337 g/mol. The summed E-state index contributed by atoms with van der Waals surface area (Å²) in [4.78, 5) is 12.2. The van der Waals surface area contributed by atoms with Gasteiger partial charge in [-0.25, -0.2) is 15.0 Å².